The molecule has 2 aliphatic rings. The number of Topliss-reactive ketones (excluding diaryl/α,β-unsaturated/α-hetero) is 2. The van der Waals surface area contributed by atoms with Gasteiger partial charge in [-0.1, -0.05) is 0 Å². The molecule has 0 aromatic heterocycles. The van der Waals surface area contributed by atoms with Crippen LogP contribution in [0.25, 0.3) is 0 Å². The van der Waals surface area contributed by atoms with E-state index in [1.54, 1.807) is 0 Å². The van der Waals surface area contributed by atoms with Crippen LogP contribution in [0.3, 0.4) is 0 Å². The summed E-state index contributed by atoms with van der Waals surface area (Å²) in [6.07, 6.45) is 1.36. The van der Waals surface area contributed by atoms with Crippen molar-refractivity contribution in [2.75, 3.05) is 0 Å². The summed E-state index contributed by atoms with van der Waals surface area (Å²) in [5.41, 5.74) is 0. The topological polar surface area (TPSA) is 190 Å². The number of aliphatic hydroxyl groups excluding tert-OH is 6. The molecule has 2 aliphatic carbocycles. The zero-order valence-electron chi connectivity index (χ0n) is 10.5. The van der Waals surface area contributed by atoms with Crippen molar-refractivity contribution in [3.8, 4) is 0 Å². The molecule has 0 amide bonds. The van der Waals surface area contributed by atoms with Crippen molar-refractivity contribution in [1.82, 2.24) is 0 Å². The Kier molecular flexibility index (Phi) is 4.37. The molecule has 0 fully saturated rings. The fraction of sp³-hybridized carbons (Fsp3) is 0. The SMILES string of the molecule is O=C1C(O)=C(O)C(=O)C(O)=C1O.O=C1C=C(O)C(=O)C=C1O. The maximum atomic E-state index is 10.6. The van der Waals surface area contributed by atoms with E-state index in [9.17, 15) is 19.2 Å². The number of aliphatic hydroxyl groups is 6. The van der Waals surface area contributed by atoms with Crippen LogP contribution in [-0.2, 0) is 19.2 Å². The lowest BCUT2D eigenvalue weighted by Crippen LogP contribution is -2.23. The Labute approximate surface area is 120 Å². The predicted molar refractivity (Wildman–Crippen MR) is 66.0 cm³/mol. The third-order valence-corrected chi connectivity index (χ3v) is 2.35. The average molecular weight is 312 g/mol. The van der Waals surface area contributed by atoms with Crippen molar-refractivity contribution in [2.45, 2.75) is 0 Å². The van der Waals surface area contributed by atoms with E-state index < -0.39 is 57.7 Å². The summed E-state index contributed by atoms with van der Waals surface area (Å²) >= 11 is 0. The number of hydrogen-bond donors (Lipinski definition) is 6. The highest BCUT2D eigenvalue weighted by atomic mass is 16.3. The van der Waals surface area contributed by atoms with Crippen LogP contribution in [0, 0.1) is 0 Å². The van der Waals surface area contributed by atoms with Crippen LogP contribution in [0.4, 0.5) is 0 Å². The third-order valence-electron chi connectivity index (χ3n) is 2.35. The van der Waals surface area contributed by atoms with Gasteiger partial charge in [0.15, 0.2) is 11.5 Å². The first-order valence-corrected chi connectivity index (χ1v) is 5.31. The summed E-state index contributed by atoms with van der Waals surface area (Å²) in [7, 11) is 0. The minimum atomic E-state index is -1.38. The van der Waals surface area contributed by atoms with Gasteiger partial charge in [0.05, 0.1) is 0 Å². The molecule has 0 radical (unpaired) electrons. The first-order chi connectivity index (χ1) is 10.1. The monoisotopic (exact) mass is 312 g/mol. The van der Waals surface area contributed by atoms with Crippen LogP contribution in [0.15, 0.2) is 46.7 Å². The molecule has 0 aromatic carbocycles. The fourth-order valence-electron chi connectivity index (χ4n) is 1.19. The molecular weight excluding hydrogens is 304 g/mol. The number of carbonyl (C=O) groups is 4. The lowest BCUT2D eigenvalue weighted by atomic mass is 10.1. The minimum Gasteiger partial charge on any atom is -0.504 e. The Morgan fingerprint density at radius 3 is 0.955 bits per heavy atom. The van der Waals surface area contributed by atoms with Crippen molar-refractivity contribution in [3.63, 3.8) is 0 Å². The zero-order valence-corrected chi connectivity index (χ0v) is 10.5. The molecule has 10 nitrogen and oxygen atoms in total. The molecule has 0 unspecified atom stereocenters. The Hall–Kier alpha value is -3.56. The number of carbonyl (C=O) groups excluding carboxylic acids is 4. The van der Waals surface area contributed by atoms with E-state index in [1.807, 2.05) is 0 Å². The smallest absolute Gasteiger partial charge is 0.269 e. The second-order valence-corrected chi connectivity index (χ2v) is 3.84. The summed E-state index contributed by atoms with van der Waals surface area (Å²) < 4.78 is 0. The molecule has 0 aliphatic heterocycles. The molecule has 0 spiro atoms. The van der Waals surface area contributed by atoms with Crippen molar-refractivity contribution in [2.24, 2.45) is 0 Å². The number of rotatable bonds is 0. The second kappa shape index (κ2) is 5.83. The van der Waals surface area contributed by atoms with Gasteiger partial charge in [0, 0.05) is 12.2 Å². The van der Waals surface area contributed by atoms with Gasteiger partial charge in [0.1, 0.15) is 0 Å². The molecule has 0 saturated heterocycles. The molecule has 0 saturated carbocycles. The van der Waals surface area contributed by atoms with Gasteiger partial charge >= 0.3 is 0 Å². The lowest BCUT2D eigenvalue weighted by Gasteiger charge is -2.08. The summed E-state index contributed by atoms with van der Waals surface area (Å²) in [6.45, 7) is 0. The lowest BCUT2D eigenvalue weighted by molar-refractivity contribution is -0.124. The molecule has 0 aromatic rings. The predicted octanol–water partition coefficient (Wildman–Crippen LogP) is -0.185. The maximum absolute atomic E-state index is 10.6. The number of ketones is 4. The van der Waals surface area contributed by atoms with Gasteiger partial charge in [0.25, 0.3) is 11.6 Å². The molecule has 2 rings (SSSR count). The van der Waals surface area contributed by atoms with E-state index in [-0.39, 0.29) is 0 Å². The van der Waals surface area contributed by atoms with Crippen LogP contribution in [0.5, 0.6) is 0 Å². The Bertz CT molecular complexity index is 626. The molecule has 22 heavy (non-hydrogen) atoms. The Morgan fingerprint density at radius 1 is 0.500 bits per heavy atom. The van der Waals surface area contributed by atoms with Crippen LogP contribution in [-0.4, -0.2) is 53.8 Å². The van der Waals surface area contributed by atoms with Crippen molar-refractivity contribution in [1.29, 1.82) is 0 Å². The van der Waals surface area contributed by atoms with Crippen LogP contribution >= 0.6 is 0 Å². The van der Waals surface area contributed by atoms with Gasteiger partial charge in [-0.25, -0.2) is 0 Å². The van der Waals surface area contributed by atoms with Gasteiger partial charge in [-0.3, -0.25) is 19.2 Å². The number of allylic oxidation sites excluding steroid dienone is 2. The molecular formula is C12H8O10. The second-order valence-electron chi connectivity index (χ2n) is 3.84. The summed E-state index contributed by atoms with van der Waals surface area (Å²) in [5.74, 6) is -10.6. The van der Waals surface area contributed by atoms with Crippen LogP contribution in [0.1, 0.15) is 0 Å². The van der Waals surface area contributed by atoms with E-state index in [0.29, 0.717) is 12.2 Å². The molecule has 0 bridgehead atoms. The summed E-state index contributed by atoms with van der Waals surface area (Å²) in [4.78, 5) is 42.1. The minimum absolute atomic E-state index is 0.636. The molecule has 6 N–H and O–H groups in total. The summed E-state index contributed by atoms with van der Waals surface area (Å²) in [5, 5.41) is 51.8. The highest BCUT2D eigenvalue weighted by molar-refractivity contribution is 6.21. The maximum Gasteiger partial charge on any atom is 0.269 e. The highest BCUT2D eigenvalue weighted by Crippen LogP contribution is 2.17. The quantitative estimate of drug-likeness (QED) is 0.327. The van der Waals surface area contributed by atoms with E-state index in [4.69, 9.17) is 30.6 Å². The van der Waals surface area contributed by atoms with E-state index in [1.165, 1.54) is 0 Å². The fourth-order valence-corrected chi connectivity index (χ4v) is 1.19. The van der Waals surface area contributed by atoms with Crippen molar-refractivity contribution >= 4 is 23.1 Å². The van der Waals surface area contributed by atoms with E-state index >= 15 is 0 Å². The molecule has 0 atom stereocenters. The van der Waals surface area contributed by atoms with Gasteiger partial charge in [0.2, 0.25) is 34.6 Å². The van der Waals surface area contributed by atoms with Crippen molar-refractivity contribution < 1.29 is 49.8 Å². The third kappa shape index (κ3) is 2.95. The zero-order chi connectivity index (χ0) is 17.2. The van der Waals surface area contributed by atoms with Gasteiger partial charge in [-0.15, -0.1) is 0 Å². The van der Waals surface area contributed by atoms with E-state index in [0.717, 1.165) is 0 Å². The molecule has 10 heteroatoms. The largest absolute Gasteiger partial charge is 0.504 e. The van der Waals surface area contributed by atoms with Gasteiger partial charge in [-0.05, 0) is 0 Å². The summed E-state index contributed by atoms with van der Waals surface area (Å²) in [6, 6.07) is 0. The van der Waals surface area contributed by atoms with Crippen LogP contribution < -0.4 is 0 Å². The standard InChI is InChI=1S/C6H4O6.C6H4O4/c7-1-2(8)4(10)6(12)5(11)3(1)9;7-3-1-4(8)6(10)2-5(3)9/h7-8,11-12H;1-2,7,10H. The van der Waals surface area contributed by atoms with Gasteiger partial charge < -0.3 is 30.6 Å². The molecule has 0 heterocycles. The van der Waals surface area contributed by atoms with Gasteiger partial charge in [-0.2, -0.15) is 0 Å². The van der Waals surface area contributed by atoms with E-state index in [2.05, 4.69) is 0 Å². The van der Waals surface area contributed by atoms with Crippen LogP contribution in [0.2, 0.25) is 0 Å². The average Bonchev–Trinajstić information content (AvgIpc) is 2.48. The van der Waals surface area contributed by atoms with Crippen molar-refractivity contribution in [3.05, 3.63) is 46.7 Å². The highest BCUT2D eigenvalue weighted by Gasteiger charge is 2.34. The first kappa shape index (κ1) is 16.5. The first-order valence-electron chi connectivity index (χ1n) is 5.31. The number of hydrogen-bond acceptors (Lipinski definition) is 10. The Balaban J connectivity index is 0.000000224. The normalized spacial score (nSPS) is 18.7. The Morgan fingerprint density at radius 2 is 0.727 bits per heavy atom. The molecule has 116 valence electrons.